The zero-order chi connectivity index (χ0) is 17.4. The second kappa shape index (κ2) is 6.44. The van der Waals surface area contributed by atoms with Crippen LogP contribution in [0.25, 0.3) is 10.2 Å². The highest BCUT2D eigenvalue weighted by molar-refractivity contribution is 7.18. The molecule has 5 nitrogen and oxygen atoms in total. The van der Waals surface area contributed by atoms with Gasteiger partial charge in [-0.2, -0.15) is 0 Å². The van der Waals surface area contributed by atoms with Gasteiger partial charge in [0, 0.05) is 10.6 Å². The lowest BCUT2D eigenvalue weighted by atomic mass is 10.1. The maximum Gasteiger partial charge on any atom is 0.262 e. The van der Waals surface area contributed by atoms with Crippen molar-refractivity contribution in [1.29, 1.82) is 0 Å². The van der Waals surface area contributed by atoms with Crippen LogP contribution < -0.4 is 10.9 Å². The molecule has 0 saturated carbocycles. The van der Waals surface area contributed by atoms with Crippen molar-refractivity contribution in [1.82, 2.24) is 9.55 Å². The lowest BCUT2D eigenvalue weighted by Crippen LogP contribution is -2.28. The topological polar surface area (TPSA) is 64.0 Å². The van der Waals surface area contributed by atoms with Gasteiger partial charge in [0.15, 0.2) is 0 Å². The van der Waals surface area contributed by atoms with E-state index in [1.165, 1.54) is 15.8 Å². The van der Waals surface area contributed by atoms with E-state index in [4.69, 9.17) is 0 Å². The summed E-state index contributed by atoms with van der Waals surface area (Å²) in [5, 5.41) is 3.57. The highest BCUT2D eigenvalue weighted by Gasteiger charge is 2.21. The Morgan fingerprint density at radius 2 is 2.24 bits per heavy atom. The maximum absolute atomic E-state index is 12.8. The lowest BCUT2D eigenvalue weighted by molar-refractivity contribution is -0.116. The lowest BCUT2D eigenvalue weighted by Gasteiger charge is -2.08. The monoisotopic (exact) mass is 353 g/mol. The molecule has 1 aromatic carbocycles. The third-order valence-electron chi connectivity index (χ3n) is 4.62. The Hall–Kier alpha value is -2.47. The van der Waals surface area contributed by atoms with Gasteiger partial charge in [-0.25, -0.2) is 4.98 Å². The maximum atomic E-state index is 12.8. The number of nitrogens with one attached hydrogen (secondary N) is 1. The molecule has 1 aliphatic carbocycles. The number of thiophene rings is 1. The van der Waals surface area contributed by atoms with Crippen LogP contribution in [0.5, 0.6) is 0 Å². The van der Waals surface area contributed by atoms with E-state index in [-0.39, 0.29) is 18.0 Å². The average Bonchev–Trinajstić information content (AvgIpc) is 3.18. The van der Waals surface area contributed by atoms with Crippen molar-refractivity contribution in [2.45, 2.75) is 39.2 Å². The number of amides is 1. The van der Waals surface area contributed by atoms with Crippen LogP contribution in [0.3, 0.4) is 0 Å². The number of hydrogen-bond acceptors (Lipinski definition) is 4. The number of aryl methyl sites for hydroxylation is 3. The van der Waals surface area contributed by atoms with E-state index in [1.54, 1.807) is 11.3 Å². The third kappa shape index (κ3) is 2.98. The van der Waals surface area contributed by atoms with E-state index in [0.29, 0.717) is 5.39 Å². The fourth-order valence-electron chi connectivity index (χ4n) is 3.36. The van der Waals surface area contributed by atoms with Gasteiger partial charge in [-0.05, 0) is 48.9 Å². The van der Waals surface area contributed by atoms with Crippen molar-refractivity contribution in [3.63, 3.8) is 0 Å². The Balaban J connectivity index is 1.59. The van der Waals surface area contributed by atoms with Crippen LogP contribution in [-0.4, -0.2) is 15.5 Å². The molecule has 0 spiro atoms. The summed E-state index contributed by atoms with van der Waals surface area (Å²) in [6, 6.07) is 7.75. The van der Waals surface area contributed by atoms with Crippen LogP contribution in [-0.2, 0) is 30.6 Å². The quantitative estimate of drug-likeness (QED) is 0.784. The number of rotatable bonds is 4. The first-order valence-corrected chi connectivity index (χ1v) is 9.36. The van der Waals surface area contributed by atoms with Gasteiger partial charge in [0.1, 0.15) is 11.4 Å². The van der Waals surface area contributed by atoms with E-state index in [1.807, 2.05) is 24.3 Å². The number of nitrogens with zero attached hydrogens (tertiary/aromatic N) is 2. The molecule has 0 aliphatic heterocycles. The highest BCUT2D eigenvalue weighted by atomic mass is 32.1. The van der Waals surface area contributed by atoms with Crippen LogP contribution in [0.2, 0.25) is 0 Å². The molecule has 0 bridgehead atoms. The molecule has 2 aromatic heterocycles. The summed E-state index contributed by atoms with van der Waals surface area (Å²) in [6.07, 6.45) is 5.46. The fraction of sp³-hybridized carbons (Fsp3) is 0.316. The molecule has 1 aliphatic rings. The Morgan fingerprint density at radius 1 is 1.36 bits per heavy atom. The molecule has 1 N–H and O–H groups in total. The first-order valence-electron chi connectivity index (χ1n) is 8.54. The van der Waals surface area contributed by atoms with Crippen molar-refractivity contribution < 1.29 is 4.79 Å². The summed E-state index contributed by atoms with van der Waals surface area (Å²) in [6.45, 7) is 2.05. The van der Waals surface area contributed by atoms with Gasteiger partial charge in [0.2, 0.25) is 5.91 Å². The molecule has 6 heteroatoms. The summed E-state index contributed by atoms with van der Waals surface area (Å²) in [5.41, 5.74) is 2.94. The number of aromatic nitrogens is 2. The van der Waals surface area contributed by atoms with Gasteiger partial charge in [-0.3, -0.25) is 14.2 Å². The van der Waals surface area contributed by atoms with Gasteiger partial charge in [-0.15, -0.1) is 11.3 Å². The smallest absolute Gasteiger partial charge is 0.262 e. The van der Waals surface area contributed by atoms with E-state index < -0.39 is 0 Å². The predicted octanol–water partition coefficient (Wildman–Crippen LogP) is 3.15. The van der Waals surface area contributed by atoms with Gasteiger partial charge in [-0.1, -0.05) is 19.1 Å². The van der Waals surface area contributed by atoms with Crippen molar-refractivity contribution in [2.24, 2.45) is 0 Å². The van der Waals surface area contributed by atoms with Gasteiger partial charge < -0.3 is 5.32 Å². The number of fused-ring (bicyclic) bond motifs is 3. The number of carbonyl (C=O) groups is 1. The number of anilines is 1. The van der Waals surface area contributed by atoms with Crippen LogP contribution in [0, 0.1) is 0 Å². The molecule has 128 valence electrons. The minimum Gasteiger partial charge on any atom is -0.325 e. The first-order chi connectivity index (χ1) is 12.2. The normalized spacial score (nSPS) is 13.2. The number of benzene rings is 1. The summed E-state index contributed by atoms with van der Waals surface area (Å²) in [4.78, 5) is 31.6. The zero-order valence-electron chi connectivity index (χ0n) is 14.0. The molecule has 4 rings (SSSR count). The Kier molecular flexibility index (Phi) is 4.13. The van der Waals surface area contributed by atoms with Crippen LogP contribution in [0.15, 0.2) is 35.4 Å². The molecule has 0 fully saturated rings. The Morgan fingerprint density at radius 3 is 3.08 bits per heavy atom. The van der Waals surface area contributed by atoms with Crippen LogP contribution in [0.1, 0.15) is 29.3 Å². The zero-order valence-corrected chi connectivity index (χ0v) is 14.9. The molecule has 3 aromatic rings. The fourth-order valence-corrected chi connectivity index (χ4v) is 4.58. The van der Waals surface area contributed by atoms with Crippen molar-refractivity contribution in [2.75, 3.05) is 5.32 Å². The van der Waals surface area contributed by atoms with Crippen molar-refractivity contribution in [3.8, 4) is 0 Å². The molecule has 0 saturated heterocycles. The molecule has 0 radical (unpaired) electrons. The van der Waals surface area contributed by atoms with Crippen molar-refractivity contribution in [3.05, 3.63) is 57.0 Å². The van der Waals surface area contributed by atoms with Crippen LogP contribution >= 0.6 is 11.3 Å². The molecule has 0 unspecified atom stereocenters. The molecule has 1 amide bonds. The first kappa shape index (κ1) is 16.0. The van der Waals surface area contributed by atoms with Crippen molar-refractivity contribution >= 4 is 33.1 Å². The van der Waals surface area contributed by atoms with Gasteiger partial charge in [0.05, 0.1) is 11.7 Å². The second-order valence-electron chi connectivity index (χ2n) is 6.32. The van der Waals surface area contributed by atoms with Crippen LogP contribution in [0.4, 0.5) is 5.69 Å². The summed E-state index contributed by atoms with van der Waals surface area (Å²) >= 11 is 1.61. The predicted molar refractivity (Wildman–Crippen MR) is 100 cm³/mol. The standard InChI is InChI=1S/C19H19N3O2S/c1-2-12-5-3-6-13(9-12)21-16(23)10-22-11-20-18-17(19(22)24)14-7-4-8-15(14)25-18/h3,5-6,9,11H,2,4,7-8,10H2,1H3,(H,21,23). The average molecular weight is 353 g/mol. The minimum atomic E-state index is -0.219. The summed E-state index contributed by atoms with van der Waals surface area (Å²) in [7, 11) is 0. The SMILES string of the molecule is CCc1cccc(NC(=O)Cn2cnc3sc4c(c3c2=O)CCC4)c1. The molecule has 2 heterocycles. The van der Waals surface area contributed by atoms with E-state index >= 15 is 0 Å². The largest absolute Gasteiger partial charge is 0.325 e. The molecule has 25 heavy (non-hydrogen) atoms. The van der Waals surface area contributed by atoms with E-state index in [9.17, 15) is 9.59 Å². The summed E-state index contributed by atoms with van der Waals surface area (Å²) in [5.74, 6) is -0.219. The van der Waals surface area contributed by atoms with Gasteiger partial charge in [0.25, 0.3) is 5.56 Å². The third-order valence-corrected chi connectivity index (χ3v) is 5.82. The van der Waals surface area contributed by atoms with E-state index in [0.717, 1.165) is 47.3 Å². The molecule has 0 atom stereocenters. The molecular weight excluding hydrogens is 334 g/mol. The molecular formula is C19H19N3O2S. The highest BCUT2D eigenvalue weighted by Crippen LogP contribution is 2.34. The number of hydrogen-bond donors (Lipinski definition) is 1. The minimum absolute atomic E-state index is 0.0251. The van der Waals surface area contributed by atoms with Gasteiger partial charge >= 0.3 is 0 Å². The Bertz CT molecular complexity index is 1020. The summed E-state index contributed by atoms with van der Waals surface area (Å²) < 4.78 is 1.41. The second-order valence-corrected chi connectivity index (χ2v) is 7.40. The van der Waals surface area contributed by atoms with E-state index in [2.05, 4.69) is 17.2 Å². The Labute approximate surface area is 149 Å². The number of carbonyl (C=O) groups excluding carboxylic acids is 1.